The van der Waals surface area contributed by atoms with Crippen molar-refractivity contribution in [3.05, 3.63) is 71.3 Å². The molecule has 2 heterocycles. The van der Waals surface area contributed by atoms with Crippen molar-refractivity contribution in [2.75, 3.05) is 0 Å². The molecule has 104 valence electrons. The number of fused-ring (bicyclic) bond motifs is 7. The van der Waals surface area contributed by atoms with Crippen LogP contribution in [0.25, 0.3) is 33.9 Å². The van der Waals surface area contributed by atoms with Gasteiger partial charge in [0.1, 0.15) is 0 Å². The van der Waals surface area contributed by atoms with Gasteiger partial charge in [0.05, 0.1) is 16.8 Å². The number of hydrogen-bond acceptors (Lipinski definition) is 1. The minimum Gasteiger partial charge on any atom is -0.478 e. The van der Waals surface area contributed by atoms with Crippen molar-refractivity contribution in [3.63, 3.8) is 0 Å². The smallest absolute Gasteiger partial charge is 0.337 e. The zero-order valence-electron chi connectivity index (χ0n) is 11.6. The van der Waals surface area contributed by atoms with Crippen LogP contribution in [0.3, 0.4) is 0 Å². The summed E-state index contributed by atoms with van der Waals surface area (Å²) in [5.41, 5.74) is 6.43. The summed E-state index contributed by atoms with van der Waals surface area (Å²) in [7, 11) is 0. The van der Waals surface area contributed by atoms with Crippen molar-refractivity contribution in [2.24, 2.45) is 0 Å². The summed E-state index contributed by atoms with van der Waals surface area (Å²) in [5, 5.41) is 10.6. The Morgan fingerprint density at radius 3 is 2.50 bits per heavy atom. The van der Waals surface area contributed by atoms with E-state index in [0.29, 0.717) is 5.57 Å². The maximum absolute atomic E-state index is 11.5. The number of nitrogens with zero attached hydrogens (tertiary/aromatic N) is 1. The second kappa shape index (κ2) is 3.77. The van der Waals surface area contributed by atoms with Gasteiger partial charge in [-0.05, 0) is 17.7 Å². The van der Waals surface area contributed by atoms with Gasteiger partial charge < -0.3 is 9.67 Å². The molecule has 0 fully saturated rings. The Balaban J connectivity index is 1.92. The first-order valence-corrected chi connectivity index (χ1v) is 7.15. The van der Waals surface area contributed by atoms with Gasteiger partial charge in [0.25, 0.3) is 0 Å². The Morgan fingerprint density at radius 2 is 1.68 bits per heavy atom. The largest absolute Gasteiger partial charge is 0.478 e. The normalized spacial score (nSPS) is 14.8. The van der Waals surface area contributed by atoms with E-state index >= 15 is 0 Å². The van der Waals surface area contributed by atoms with Gasteiger partial charge >= 0.3 is 5.97 Å². The Hall–Kier alpha value is -3.07. The van der Waals surface area contributed by atoms with E-state index in [1.165, 1.54) is 0 Å². The van der Waals surface area contributed by atoms with Crippen molar-refractivity contribution in [2.45, 2.75) is 0 Å². The van der Waals surface area contributed by atoms with E-state index in [4.69, 9.17) is 0 Å². The average molecular weight is 285 g/mol. The predicted octanol–water partition coefficient (Wildman–Crippen LogP) is 4.01. The topological polar surface area (TPSA) is 42.2 Å². The van der Waals surface area contributed by atoms with Crippen LogP contribution in [-0.4, -0.2) is 15.6 Å². The van der Waals surface area contributed by atoms with Crippen LogP contribution in [0.15, 0.2) is 65.7 Å². The Labute approximate surface area is 126 Å². The number of carboxylic acids is 1. The molecular formula is C19H11NO2. The van der Waals surface area contributed by atoms with E-state index in [-0.39, 0.29) is 0 Å². The van der Waals surface area contributed by atoms with Gasteiger partial charge in [0.15, 0.2) is 0 Å². The molecule has 22 heavy (non-hydrogen) atoms. The third kappa shape index (κ3) is 1.33. The molecule has 3 heteroatoms. The number of allylic oxidation sites excluding steroid dienone is 1. The lowest BCUT2D eigenvalue weighted by Gasteiger charge is -2.07. The summed E-state index contributed by atoms with van der Waals surface area (Å²) in [6.45, 7) is 0. The Morgan fingerprint density at radius 1 is 0.955 bits per heavy atom. The Kier molecular flexibility index (Phi) is 1.98. The minimum absolute atomic E-state index is 0.441. The van der Waals surface area contributed by atoms with Gasteiger partial charge in [0.2, 0.25) is 0 Å². The molecule has 0 unspecified atom stereocenters. The standard InChI is InChI=1S/C19H11NO2/c21-19(22)18-14-10-20-15-8-4-1-5-11(15)9-16(20)12-6-2-3-7-13(12)17(14)18/h1-10H,(H,21,22). The minimum atomic E-state index is -0.851. The number of carboxylic acid groups (broad SMARTS) is 1. The highest BCUT2D eigenvalue weighted by atomic mass is 16.4. The molecule has 0 radical (unpaired) electrons. The van der Waals surface area contributed by atoms with Crippen LogP contribution in [0.4, 0.5) is 0 Å². The maximum atomic E-state index is 11.5. The first-order valence-electron chi connectivity index (χ1n) is 7.15. The quantitative estimate of drug-likeness (QED) is 0.734. The second-order valence-corrected chi connectivity index (χ2v) is 5.60. The van der Waals surface area contributed by atoms with E-state index in [2.05, 4.69) is 28.8 Å². The van der Waals surface area contributed by atoms with Crippen LogP contribution < -0.4 is 0 Å². The number of aliphatic carboxylic acids is 1. The van der Waals surface area contributed by atoms with E-state index in [9.17, 15) is 9.90 Å². The highest BCUT2D eigenvalue weighted by molar-refractivity contribution is 6.24. The fourth-order valence-corrected chi connectivity index (χ4v) is 3.41. The van der Waals surface area contributed by atoms with Gasteiger partial charge in [-0.1, -0.05) is 42.5 Å². The summed E-state index contributed by atoms with van der Waals surface area (Å²) < 4.78 is 2.10. The molecule has 3 aromatic rings. The Bertz CT molecular complexity index is 1050. The number of hydrogen-bond donors (Lipinski definition) is 1. The van der Waals surface area contributed by atoms with Crippen LogP contribution in [0.1, 0.15) is 5.56 Å². The second-order valence-electron chi connectivity index (χ2n) is 5.60. The highest BCUT2D eigenvalue weighted by Crippen LogP contribution is 2.52. The van der Waals surface area contributed by atoms with Crippen LogP contribution >= 0.6 is 0 Å². The zero-order valence-corrected chi connectivity index (χ0v) is 11.6. The molecule has 1 N–H and O–H groups in total. The van der Waals surface area contributed by atoms with Gasteiger partial charge in [-0.3, -0.25) is 0 Å². The lowest BCUT2D eigenvalue weighted by molar-refractivity contribution is -0.131. The van der Waals surface area contributed by atoms with Crippen LogP contribution in [0, 0.1) is 0 Å². The molecule has 0 spiro atoms. The number of para-hydroxylation sites is 1. The SMILES string of the molecule is O=C(O)C1=C2C1=Cn1c(cc3ccccc31)-c1ccccc12. The molecule has 0 saturated heterocycles. The predicted molar refractivity (Wildman–Crippen MR) is 86.2 cm³/mol. The van der Waals surface area contributed by atoms with Gasteiger partial charge in [-0.25, -0.2) is 4.79 Å². The fraction of sp³-hybridized carbons (Fsp3) is 0. The van der Waals surface area contributed by atoms with Crippen LogP contribution in [-0.2, 0) is 4.79 Å². The molecule has 0 amide bonds. The molecule has 0 saturated carbocycles. The number of rotatable bonds is 1. The number of carbonyl (C=O) groups is 1. The molecule has 5 rings (SSSR count). The van der Waals surface area contributed by atoms with E-state index in [0.717, 1.165) is 38.9 Å². The average Bonchev–Trinajstić information content (AvgIpc) is 3.16. The molecule has 3 nitrogen and oxygen atoms in total. The lowest BCUT2D eigenvalue weighted by atomic mass is 10.0. The van der Waals surface area contributed by atoms with Crippen molar-refractivity contribution in [3.8, 4) is 11.3 Å². The molecule has 1 aliphatic heterocycles. The van der Waals surface area contributed by atoms with Crippen LogP contribution in [0.2, 0.25) is 0 Å². The summed E-state index contributed by atoms with van der Waals surface area (Å²) in [5.74, 6) is -0.851. The van der Waals surface area contributed by atoms with Crippen molar-refractivity contribution in [1.29, 1.82) is 0 Å². The zero-order chi connectivity index (χ0) is 14.8. The maximum Gasteiger partial charge on any atom is 0.337 e. The highest BCUT2D eigenvalue weighted by Gasteiger charge is 2.39. The molecule has 1 aromatic heterocycles. The van der Waals surface area contributed by atoms with E-state index in [1.54, 1.807) is 0 Å². The fourth-order valence-electron chi connectivity index (χ4n) is 3.41. The summed E-state index contributed by atoms with van der Waals surface area (Å²) in [6.07, 6.45) is 1.95. The van der Waals surface area contributed by atoms with Crippen molar-refractivity contribution < 1.29 is 9.90 Å². The molecule has 0 atom stereocenters. The number of aromatic nitrogens is 1. The molecule has 2 aromatic carbocycles. The summed E-state index contributed by atoms with van der Waals surface area (Å²) in [6, 6.07) is 18.3. The molecule has 2 aliphatic rings. The van der Waals surface area contributed by atoms with E-state index in [1.807, 2.05) is 36.5 Å². The molecular weight excluding hydrogens is 274 g/mol. The van der Waals surface area contributed by atoms with E-state index < -0.39 is 5.97 Å². The molecule has 0 bridgehead atoms. The van der Waals surface area contributed by atoms with Crippen molar-refractivity contribution >= 4 is 28.6 Å². The van der Waals surface area contributed by atoms with Crippen molar-refractivity contribution in [1.82, 2.24) is 4.57 Å². The first-order chi connectivity index (χ1) is 10.8. The lowest BCUT2D eigenvalue weighted by Crippen LogP contribution is -1.94. The van der Waals surface area contributed by atoms with Gasteiger partial charge in [-0.15, -0.1) is 0 Å². The third-order valence-corrected chi connectivity index (χ3v) is 4.42. The summed E-state index contributed by atoms with van der Waals surface area (Å²) >= 11 is 0. The van der Waals surface area contributed by atoms with Gasteiger partial charge in [0, 0.05) is 28.3 Å². The third-order valence-electron chi connectivity index (χ3n) is 4.42. The monoisotopic (exact) mass is 285 g/mol. The summed E-state index contributed by atoms with van der Waals surface area (Å²) in [4.78, 5) is 11.5. The first kappa shape index (κ1) is 11.6. The molecule has 1 aliphatic carbocycles. The van der Waals surface area contributed by atoms with Crippen LogP contribution in [0.5, 0.6) is 0 Å². The van der Waals surface area contributed by atoms with Gasteiger partial charge in [-0.2, -0.15) is 0 Å². The number of benzene rings is 2.